The minimum atomic E-state index is -3.43. The highest BCUT2D eigenvalue weighted by molar-refractivity contribution is 5.95. The topological polar surface area (TPSA) is 243 Å². The first-order valence-electron chi connectivity index (χ1n) is 26.2. The van der Waals surface area contributed by atoms with Gasteiger partial charge in [0.25, 0.3) is 5.92 Å². The SMILES string of the molecule is CC(C)CC(NC(=O)C(Cc1ccccc1)NC(=O)C(Cc1ccccc1)NC(=O)OC(C)(C)C)C(=O)NC(CCCCNC(=O)OC(C)(C)C)C(=O)N1CC2(CCN(C(=O)C(C)NC(=O)OC(C)(C)C)CC2(F)F)C1. The third-order valence-corrected chi connectivity index (χ3v) is 12.5. The molecule has 2 aliphatic rings. The third kappa shape index (κ3) is 19.9. The number of unbranched alkanes of at least 4 members (excludes halogenated alkanes) is 1. The van der Waals surface area contributed by atoms with Crippen LogP contribution in [0, 0.1) is 11.3 Å². The summed E-state index contributed by atoms with van der Waals surface area (Å²) in [5.41, 5.74) is -2.72. The molecule has 0 aromatic heterocycles. The van der Waals surface area contributed by atoms with E-state index in [1.54, 1.807) is 117 Å². The molecule has 19 nitrogen and oxygen atoms in total. The van der Waals surface area contributed by atoms with Gasteiger partial charge in [-0.25, -0.2) is 23.2 Å². The van der Waals surface area contributed by atoms with E-state index >= 15 is 8.78 Å². The number of nitrogens with one attached hydrogen (secondary N) is 6. The molecule has 4 rings (SSSR count). The molecule has 21 heteroatoms. The summed E-state index contributed by atoms with van der Waals surface area (Å²) in [6.45, 7) is 18.7. The summed E-state index contributed by atoms with van der Waals surface area (Å²) < 4.78 is 48.4. The number of alkyl halides is 2. The zero-order chi connectivity index (χ0) is 56.8. The number of carbonyl (C=O) groups is 8. The van der Waals surface area contributed by atoms with Crippen LogP contribution in [-0.4, -0.2) is 143 Å². The summed E-state index contributed by atoms with van der Waals surface area (Å²) >= 11 is 0. The molecule has 0 radical (unpaired) electrons. The molecule has 6 N–H and O–H groups in total. The van der Waals surface area contributed by atoms with Crippen molar-refractivity contribution >= 4 is 47.8 Å². The average Bonchev–Trinajstić information content (AvgIpc) is 3.27. The lowest BCUT2D eigenvalue weighted by atomic mass is 9.68. The predicted molar refractivity (Wildman–Crippen MR) is 281 cm³/mol. The molecular weight excluding hydrogens is 987 g/mol. The summed E-state index contributed by atoms with van der Waals surface area (Å²) in [7, 11) is 0. The quantitative estimate of drug-likeness (QED) is 0.0610. The van der Waals surface area contributed by atoms with Gasteiger partial charge in [-0.05, 0) is 118 Å². The van der Waals surface area contributed by atoms with Crippen LogP contribution in [0.3, 0.4) is 0 Å². The minimum Gasteiger partial charge on any atom is -0.444 e. The minimum absolute atomic E-state index is 0.00731. The van der Waals surface area contributed by atoms with E-state index in [4.69, 9.17) is 14.2 Å². The van der Waals surface area contributed by atoms with Crippen LogP contribution in [0.15, 0.2) is 60.7 Å². The number of piperidine rings is 1. The summed E-state index contributed by atoms with van der Waals surface area (Å²) in [5.74, 6) is -7.09. The van der Waals surface area contributed by atoms with Gasteiger partial charge in [0, 0.05) is 39.0 Å². The Labute approximate surface area is 446 Å². The zero-order valence-corrected chi connectivity index (χ0v) is 46.4. The molecular formula is C55H82F2N8O11. The van der Waals surface area contributed by atoms with E-state index in [0.29, 0.717) is 18.4 Å². The molecule has 2 saturated heterocycles. The number of amides is 8. The fourth-order valence-electron chi connectivity index (χ4n) is 8.80. The second kappa shape index (κ2) is 26.5. The largest absolute Gasteiger partial charge is 0.444 e. The lowest BCUT2D eigenvalue weighted by Gasteiger charge is -2.57. The maximum Gasteiger partial charge on any atom is 0.408 e. The van der Waals surface area contributed by atoms with Crippen molar-refractivity contribution in [2.45, 2.75) is 181 Å². The highest BCUT2D eigenvalue weighted by atomic mass is 19.3. The molecule has 2 aromatic carbocycles. The summed E-state index contributed by atoms with van der Waals surface area (Å²) in [6.07, 6.45) is -1.66. The number of alkyl carbamates (subject to hydrolysis) is 3. The molecule has 2 fully saturated rings. The molecule has 422 valence electrons. The summed E-state index contributed by atoms with van der Waals surface area (Å²) in [5, 5.41) is 16.1. The van der Waals surface area contributed by atoms with Crippen molar-refractivity contribution in [3.63, 3.8) is 0 Å². The number of rotatable bonds is 21. The number of nitrogens with zero attached hydrogens (tertiary/aromatic N) is 2. The van der Waals surface area contributed by atoms with Gasteiger partial charge in [0.05, 0.1) is 12.0 Å². The van der Waals surface area contributed by atoms with Gasteiger partial charge in [-0.15, -0.1) is 0 Å². The van der Waals surface area contributed by atoms with Crippen LogP contribution < -0.4 is 31.9 Å². The van der Waals surface area contributed by atoms with Gasteiger partial charge in [-0.3, -0.25) is 24.0 Å². The second-order valence-electron chi connectivity index (χ2n) is 23.4. The Balaban J connectivity index is 1.55. The monoisotopic (exact) mass is 1070 g/mol. The Kier molecular flexibility index (Phi) is 21.6. The van der Waals surface area contributed by atoms with Crippen LogP contribution in [0.1, 0.15) is 126 Å². The van der Waals surface area contributed by atoms with Gasteiger partial charge in [-0.1, -0.05) is 74.5 Å². The number of carbonyl (C=O) groups excluding carboxylic acids is 8. The first kappa shape index (κ1) is 62.0. The Hall–Kier alpha value is -6.54. The van der Waals surface area contributed by atoms with E-state index in [0.717, 1.165) is 10.5 Å². The second-order valence-corrected chi connectivity index (χ2v) is 23.4. The molecule has 5 atom stereocenters. The number of hydrogen-bond acceptors (Lipinski definition) is 11. The van der Waals surface area contributed by atoms with E-state index < -0.39 is 113 Å². The van der Waals surface area contributed by atoms with Crippen molar-refractivity contribution in [3.8, 4) is 0 Å². The predicted octanol–water partition coefficient (Wildman–Crippen LogP) is 6.17. The standard InChI is InChI=1S/C55H82F2N8O11/c1-35(2)29-40(61-44(67)41(30-37-21-15-13-16-22-37)62-45(68)42(31-38-23-17-14-18-24-38)63-50(73)76-53(10,11)12)43(66)60-39(25-19-20-27-58-48(71)74-51(4,5)6)47(70)65-32-54(33-65)26-28-64(34-55(54,56)57)46(69)36(3)59-49(72)75-52(7,8)9/h13-18,21-24,35-36,39-42H,19-20,25-34H2,1-12H3,(H,58,71)(H,59,72)(H,60,66)(H,61,67)(H,62,68)(H,63,73). The Morgan fingerprint density at radius 3 is 1.49 bits per heavy atom. The molecule has 76 heavy (non-hydrogen) atoms. The average molecular weight is 1070 g/mol. The van der Waals surface area contributed by atoms with Crippen LogP contribution in [0.2, 0.25) is 0 Å². The number of ether oxygens (including phenoxy) is 3. The lowest BCUT2D eigenvalue weighted by molar-refractivity contribution is -0.225. The van der Waals surface area contributed by atoms with Gasteiger partial charge in [-0.2, -0.15) is 0 Å². The molecule has 0 bridgehead atoms. The van der Waals surface area contributed by atoms with Crippen LogP contribution in [0.4, 0.5) is 23.2 Å². The van der Waals surface area contributed by atoms with Crippen LogP contribution in [0.5, 0.6) is 0 Å². The third-order valence-electron chi connectivity index (χ3n) is 12.5. The maximum absolute atomic E-state index is 16.2. The van der Waals surface area contributed by atoms with E-state index in [-0.39, 0.29) is 64.2 Å². The molecule has 8 amide bonds. The number of hydrogen-bond donors (Lipinski definition) is 6. The molecule has 1 spiro atoms. The van der Waals surface area contributed by atoms with Gasteiger partial charge in [0.1, 0.15) is 47.0 Å². The van der Waals surface area contributed by atoms with Crippen LogP contribution >= 0.6 is 0 Å². The van der Waals surface area contributed by atoms with E-state index in [1.807, 2.05) is 19.9 Å². The first-order chi connectivity index (χ1) is 35.2. The number of benzene rings is 2. The van der Waals surface area contributed by atoms with Crippen molar-refractivity contribution in [1.82, 2.24) is 41.7 Å². The fourth-order valence-corrected chi connectivity index (χ4v) is 8.80. The van der Waals surface area contributed by atoms with Gasteiger partial charge >= 0.3 is 18.3 Å². The molecule has 0 aliphatic carbocycles. The van der Waals surface area contributed by atoms with Crippen molar-refractivity contribution in [3.05, 3.63) is 71.8 Å². The van der Waals surface area contributed by atoms with Crippen molar-refractivity contribution in [2.24, 2.45) is 11.3 Å². The van der Waals surface area contributed by atoms with Gasteiger partial charge < -0.3 is 55.9 Å². The fraction of sp³-hybridized carbons (Fsp3) is 0.636. The van der Waals surface area contributed by atoms with E-state index in [9.17, 15) is 38.4 Å². The Morgan fingerprint density at radius 2 is 1.00 bits per heavy atom. The number of likely N-dealkylation sites (tertiary alicyclic amines) is 2. The van der Waals surface area contributed by atoms with Crippen LogP contribution in [-0.2, 0) is 51.0 Å². The maximum atomic E-state index is 16.2. The van der Waals surface area contributed by atoms with Gasteiger partial charge in [0.2, 0.25) is 29.5 Å². The van der Waals surface area contributed by atoms with Gasteiger partial charge in [0.15, 0.2) is 0 Å². The molecule has 0 saturated carbocycles. The first-order valence-corrected chi connectivity index (χ1v) is 26.2. The lowest BCUT2D eigenvalue weighted by Crippen LogP contribution is -2.73. The normalized spacial score (nSPS) is 17.1. The van der Waals surface area contributed by atoms with E-state index in [1.165, 1.54) is 11.8 Å². The molecule has 5 unspecified atom stereocenters. The zero-order valence-electron chi connectivity index (χ0n) is 46.4. The molecule has 2 aliphatic heterocycles. The summed E-state index contributed by atoms with van der Waals surface area (Å²) in [4.78, 5) is 111. The highest BCUT2D eigenvalue weighted by Crippen LogP contribution is 2.50. The Morgan fingerprint density at radius 1 is 0.553 bits per heavy atom. The molecule has 2 heterocycles. The van der Waals surface area contributed by atoms with Crippen molar-refractivity contribution in [1.29, 1.82) is 0 Å². The van der Waals surface area contributed by atoms with Crippen LogP contribution in [0.25, 0.3) is 0 Å². The van der Waals surface area contributed by atoms with E-state index in [2.05, 4.69) is 31.9 Å². The van der Waals surface area contributed by atoms with Crippen molar-refractivity contribution < 1.29 is 61.3 Å². The number of halogens is 2. The summed E-state index contributed by atoms with van der Waals surface area (Å²) in [6, 6.07) is 11.8. The Bertz CT molecular complexity index is 2310. The highest BCUT2D eigenvalue weighted by Gasteiger charge is 2.64. The van der Waals surface area contributed by atoms with Crippen molar-refractivity contribution in [2.75, 3.05) is 32.7 Å². The smallest absolute Gasteiger partial charge is 0.408 e. The molecule has 2 aromatic rings.